The molecule has 0 aliphatic carbocycles. The van der Waals surface area contributed by atoms with E-state index in [0.29, 0.717) is 24.1 Å². The lowest BCUT2D eigenvalue weighted by Gasteiger charge is -2.24. The summed E-state index contributed by atoms with van der Waals surface area (Å²) in [5.41, 5.74) is 0. The number of ether oxygens (including phenoxy) is 2. The predicted octanol–water partition coefficient (Wildman–Crippen LogP) is 17.1. The van der Waals surface area contributed by atoms with Crippen molar-refractivity contribution in [3.8, 4) is 0 Å². The van der Waals surface area contributed by atoms with Crippen LogP contribution in [0.1, 0.15) is 181 Å². The maximum atomic E-state index is 12.8. The zero-order chi connectivity index (χ0) is 50.5. The van der Waals surface area contributed by atoms with Gasteiger partial charge in [-0.25, -0.2) is 4.57 Å². The largest absolute Gasteiger partial charge is 0.472 e. The molecule has 0 aliphatic rings. The number of unbranched alkanes of at least 4 members (excludes halogenated alkanes) is 12. The third-order valence-electron chi connectivity index (χ3n) is 10.7. The van der Waals surface area contributed by atoms with Gasteiger partial charge in [-0.1, -0.05) is 199 Å². The van der Waals surface area contributed by atoms with Crippen molar-refractivity contribution < 1.29 is 37.3 Å². The highest BCUT2D eigenvalue weighted by Crippen LogP contribution is 2.43. The number of hydrogen-bond donors (Lipinski definition) is 1. The average Bonchev–Trinajstić information content (AvgIpc) is 3.31. The molecule has 392 valence electrons. The van der Waals surface area contributed by atoms with Crippen LogP contribution in [0.5, 0.6) is 0 Å². The number of carbonyl (C=O) groups excluding carboxylic acids is 1. The molecule has 0 aromatic heterocycles. The lowest BCUT2D eigenvalue weighted by molar-refractivity contribution is -0.870. The first-order valence-corrected chi connectivity index (χ1v) is 28.4. The molecule has 0 aromatic rings. The molecule has 0 bridgehead atoms. The van der Waals surface area contributed by atoms with E-state index in [0.717, 1.165) is 128 Å². The maximum absolute atomic E-state index is 12.8. The van der Waals surface area contributed by atoms with E-state index in [1.165, 1.54) is 32.1 Å². The number of likely N-dealkylation sites (N-methyl/N-ethyl adjacent to an activating group) is 1. The Kier molecular flexibility index (Phi) is 48.5. The zero-order valence-electron chi connectivity index (χ0n) is 44.5. The minimum absolute atomic E-state index is 0.0733. The minimum Gasteiger partial charge on any atom is -0.457 e. The van der Waals surface area contributed by atoms with Gasteiger partial charge in [0.2, 0.25) is 0 Å². The normalized spacial score (nSPS) is 14.6. The van der Waals surface area contributed by atoms with E-state index in [1.54, 1.807) is 0 Å². The van der Waals surface area contributed by atoms with Crippen LogP contribution in [0.25, 0.3) is 0 Å². The molecule has 0 saturated heterocycles. The van der Waals surface area contributed by atoms with E-state index in [9.17, 15) is 14.3 Å². The van der Waals surface area contributed by atoms with Crippen LogP contribution in [0.4, 0.5) is 0 Å². The van der Waals surface area contributed by atoms with Gasteiger partial charge in [0, 0.05) is 13.0 Å². The van der Waals surface area contributed by atoms with Gasteiger partial charge in [0.1, 0.15) is 19.3 Å². The van der Waals surface area contributed by atoms with Crippen molar-refractivity contribution in [2.24, 2.45) is 0 Å². The minimum atomic E-state index is -4.30. The third-order valence-corrected chi connectivity index (χ3v) is 11.7. The summed E-state index contributed by atoms with van der Waals surface area (Å²) < 4.78 is 35.2. The van der Waals surface area contributed by atoms with Gasteiger partial charge in [0.15, 0.2) is 0 Å². The smallest absolute Gasteiger partial charge is 0.457 e. The van der Waals surface area contributed by atoms with Crippen molar-refractivity contribution in [3.63, 3.8) is 0 Å². The molecule has 0 aliphatic heterocycles. The fourth-order valence-electron chi connectivity index (χ4n) is 6.64. The van der Waals surface area contributed by atoms with Crippen molar-refractivity contribution in [1.29, 1.82) is 0 Å². The number of rotatable bonds is 48. The van der Waals surface area contributed by atoms with Gasteiger partial charge < -0.3 is 18.9 Å². The number of esters is 1. The molecule has 69 heavy (non-hydrogen) atoms. The Bertz CT molecular complexity index is 1560. The van der Waals surface area contributed by atoms with Crippen molar-refractivity contribution in [2.75, 3.05) is 54.1 Å². The molecule has 0 fully saturated rings. The summed E-state index contributed by atoms with van der Waals surface area (Å²) in [4.78, 5) is 23.1. The first-order valence-electron chi connectivity index (χ1n) is 26.9. The Balaban J connectivity index is 4.24. The van der Waals surface area contributed by atoms with Crippen molar-refractivity contribution in [3.05, 3.63) is 134 Å². The van der Waals surface area contributed by atoms with Gasteiger partial charge in [-0.2, -0.15) is 0 Å². The standard InChI is InChI=1S/C60H100NO7P/c1-6-8-10-12-14-16-18-20-22-24-26-28-30-32-34-36-38-40-42-44-46-48-50-52-55-65-57-59(58-67-69(63,64)66-56-54-61(3,4)5)68-60(62)53-51-49-47-45-43-41-39-37-35-33-31-29-27-25-23-21-19-17-15-13-11-9-7-2/h8-11,14-17,20-23,26-29,32-35,38,40,59H,6-7,12-13,18-19,24-25,30-31,36-37,39,41-58H2,1-5H3/p+1/b10-8-,11-9-,16-14-,17-15-,22-20-,23-21-,28-26-,29-27-,34-32-,35-33-,40-38-. The Morgan fingerprint density at radius 3 is 1.19 bits per heavy atom. The first-order chi connectivity index (χ1) is 33.6. The summed E-state index contributed by atoms with van der Waals surface area (Å²) >= 11 is 0. The van der Waals surface area contributed by atoms with Crippen molar-refractivity contribution in [2.45, 2.75) is 187 Å². The lowest BCUT2D eigenvalue weighted by atomic mass is 10.1. The predicted molar refractivity (Wildman–Crippen MR) is 297 cm³/mol. The van der Waals surface area contributed by atoms with Crippen LogP contribution in [-0.4, -0.2) is 75.6 Å². The van der Waals surface area contributed by atoms with Crippen LogP contribution in [0.3, 0.4) is 0 Å². The molecule has 2 atom stereocenters. The molecular weight excluding hydrogens is 878 g/mol. The monoisotopic (exact) mass is 979 g/mol. The number of allylic oxidation sites excluding steroid dienone is 22. The van der Waals surface area contributed by atoms with Crippen LogP contribution >= 0.6 is 7.82 Å². The molecular formula is C60H101NO7P+. The number of hydrogen-bond acceptors (Lipinski definition) is 6. The van der Waals surface area contributed by atoms with Gasteiger partial charge in [-0.05, 0) is 109 Å². The molecule has 1 N–H and O–H groups in total. The Labute approximate surface area is 424 Å². The molecule has 0 saturated carbocycles. The quantitative estimate of drug-likeness (QED) is 0.0213. The Morgan fingerprint density at radius 1 is 0.449 bits per heavy atom. The second kappa shape index (κ2) is 51.0. The van der Waals surface area contributed by atoms with Gasteiger partial charge in [-0.3, -0.25) is 13.8 Å². The molecule has 0 aromatic carbocycles. The van der Waals surface area contributed by atoms with Crippen molar-refractivity contribution >= 4 is 13.8 Å². The third kappa shape index (κ3) is 55.4. The molecule has 0 radical (unpaired) electrons. The lowest BCUT2D eigenvalue weighted by Crippen LogP contribution is -2.37. The van der Waals surface area contributed by atoms with E-state index < -0.39 is 13.9 Å². The number of quaternary nitrogens is 1. The van der Waals surface area contributed by atoms with Crippen LogP contribution in [0.2, 0.25) is 0 Å². The summed E-state index contributed by atoms with van der Waals surface area (Å²) in [6.45, 7) is 5.30. The summed E-state index contributed by atoms with van der Waals surface area (Å²) in [6.07, 6.45) is 75.0. The van der Waals surface area contributed by atoms with E-state index in [2.05, 4.69) is 148 Å². The average molecular weight is 979 g/mol. The number of phosphoric ester groups is 1. The molecule has 2 unspecified atom stereocenters. The Morgan fingerprint density at radius 2 is 0.797 bits per heavy atom. The molecule has 0 rings (SSSR count). The molecule has 9 heteroatoms. The van der Waals surface area contributed by atoms with Crippen molar-refractivity contribution in [1.82, 2.24) is 0 Å². The fraction of sp³-hybridized carbons (Fsp3) is 0.617. The highest BCUT2D eigenvalue weighted by molar-refractivity contribution is 7.47. The van der Waals surface area contributed by atoms with Gasteiger partial charge >= 0.3 is 13.8 Å². The second-order valence-corrected chi connectivity index (χ2v) is 19.9. The highest BCUT2D eigenvalue weighted by atomic mass is 31.2. The van der Waals surface area contributed by atoms with Gasteiger partial charge in [0.25, 0.3) is 0 Å². The van der Waals surface area contributed by atoms with E-state index in [-0.39, 0.29) is 25.8 Å². The second-order valence-electron chi connectivity index (χ2n) is 18.5. The fourth-order valence-corrected chi connectivity index (χ4v) is 7.38. The Hall–Kier alpha value is -3.36. The summed E-state index contributed by atoms with van der Waals surface area (Å²) in [6, 6.07) is 0. The summed E-state index contributed by atoms with van der Waals surface area (Å²) in [7, 11) is 1.62. The summed E-state index contributed by atoms with van der Waals surface area (Å²) in [5, 5.41) is 0. The van der Waals surface area contributed by atoms with Crippen LogP contribution in [0.15, 0.2) is 134 Å². The highest BCUT2D eigenvalue weighted by Gasteiger charge is 2.26. The number of carbonyl (C=O) groups is 1. The van der Waals surface area contributed by atoms with E-state index in [1.807, 2.05) is 21.1 Å². The van der Waals surface area contributed by atoms with E-state index >= 15 is 0 Å². The van der Waals surface area contributed by atoms with E-state index in [4.69, 9.17) is 18.5 Å². The molecule has 0 heterocycles. The molecule has 0 spiro atoms. The molecule has 0 amide bonds. The van der Waals surface area contributed by atoms with Gasteiger partial charge in [-0.15, -0.1) is 0 Å². The number of phosphoric acid groups is 1. The van der Waals surface area contributed by atoms with Crippen LogP contribution in [-0.2, 0) is 27.9 Å². The topological polar surface area (TPSA) is 91.3 Å². The zero-order valence-corrected chi connectivity index (χ0v) is 45.4. The first kappa shape index (κ1) is 65.6. The van der Waals surface area contributed by atoms with Gasteiger partial charge in [0.05, 0.1) is 34.4 Å². The SMILES string of the molecule is CC/C=C\C/C=C\C/C=C\C/C=C\C/C=C\C/C=C\CCCCCCCOCC(COP(=O)(O)OCC[N+](C)(C)C)OC(=O)CCCCCCCCC/C=C\C/C=C\C/C=C\C/C=C\C/C=C\CC. The maximum Gasteiger partial charge on any atom is 0.472 e. The van der Waals surface area contributed by atoms with Crippen LogP contribution in [0, 0.1) is 0 Å². The number of nitrogens with zero attached hydrogens (tertiary/aromatic N) is 1. The molecule has 8 nitrogen and oxygen atoms in total. The summed E-state index contributed by atoms with van der Waals surface area (Å²) in [5.74, 6) is -0.338. The van der Waals surface area contributed by atoms with Crippen LogP contribution < -0.4 is 0 Å².